The Morgan fingerprint density at radius 2 is 1.78 bits per heavy atom. The Morgan fingerprint density at radius 3 is 2.37 bits per heavy atom. The highest BCUT2D eigenvalue weighted by Crippen LogP contribution is 2.29. The van der Waals surface area contributed by atoms with E-state index in [0.29, 0.717) is 18.5 Å². The summed E-state index contributed by atoms with van der Waals surface area (Å²) in [6.07, 6.45) is -1.70. The van der Waals surface area contributed by atoms with Gasteiger partial charge >= 0.3 is 12.1 Å². The molecular weight excluding hydrogens is 365 g/mol. The molecule has 148 valence electrons. The van der Waals surface area contributed by atoms with Crippen LogP contribution in [-0.2, 0) is 27.1 Å². The predicted octanol–water partition coefficient (Wildman–Crippen LogP) is 2.52. The van der Waals surface area contributed by atoms with Gasteiger partial charge in [0.15, 0.2) is 0 Å². The van der Waals surface area contributed by atoms with E-state index in [9.17, 15) is 27.6 Å². The number of aliphatic carboxylic acids is 1. The average Bonchev–Trinajstić information content (AvgIpc) is 2.78. The number of carboxylic acid groups (broad SMARTS) is 1. The van der Waals surface area contributed by atoms with Crippen LogP contribution in [0, 0.1) is 0 Å². The van der Waals surface area contributed by atoms with Crippen molar-refractivity contribution in [1.29, 1.82) is 0 Å². The van der Waals surface area contributed by atoms with E-state index in [0.717, 1.165) is 36.3 Å². The van der Waals surface area contributed by atoms with E-state index >= 15 is 0 Å². The number of carbonyl (C=O) groups is 3. The number of carbonyl (C=O) groups excluding carboxylic acids is 2. The minimum atomic E-state index is -4.47. The number of alkyl halides is 3. The summed E-state index contributed by atoms with van der Waals surface area (Å²) in [6.45, 7) is -0.536. The zero-order chi connectivity index (χ0) is 20.0. The van der Waals surface area contributed by atoms with Gasteiger partial charge in [0.2, 0.25) is 11.8 Å². The zero-order valence-electron chi connectivity index (χ0n) is 14.7. The van der Waals surface area contributed by atoms with Crippen molar-refractivity contribution < 1.29 is 32.7 Å². The standard InChI is InChI=1S/C18H21F3N2O4/c19-18(20,21)14-7-5-13(6-8-14)10-23(12-17(26)27)16(25)11-22-9-3-1-2-4-15(22)24/h5-8H,1-4,9-12H2,(H,26,27). The highest BCUT2D eigenvalue weighted by Gasteiger charge is 2.30. The third-order valence-electron chi connectivity index (χ3n) is 4.33. The lowest BCUT2D eigenvalue weighted by Gasteiger charge is -2.26. The highest BCUT2D eigenvalue weighted by molar-refractivity contribution is 5.87. The van der Waals surface area contributed by atoms with E-state index < -0.39 is 30.2 Å². The number of halogens is 3. The molecule has 0 radical (unpaired) electrons. The molecular formula is C18H21F3N2O4. The molecule has 0 bridgehead atoms. The van der Waals surface area contributed by atoms with Gasteiger partial charge in [0.1, 0.15) is 6.54 Å². The van der Waals surface area contributed by atoms with Crippen LogP contribution in [0.5, 0.6) is 0 Å². The van der Waals surface area contributed by atoms with E-state index in [-0.39, 0.29) is 19.0 Å². The number of likely N-dealkylation sites (tertiary alicyclic amines) is 1. The molecule has 1 aliphatic heterocycles. The third-order valence-corrected chi connectivity index (χ3v) is 4.33. The van der Waals surface area contributed by atoms with E-state index in [1.54, 1.807) is 0 Å². The molecule has 0 atom stereocenters. The molecule has 6 nitrogen and oxygen atoms in total. The van der Waals surface area contributed by atoms with E-state index in [1.807, 2.05) is 0 Å². The highest BCUT2D eigenvalue weighted by atomic mass is 19.4. The number of hydrogen-bond donors (Lipinski definition) is 1. The van der Waals surface area contributed by atoms with Crippen LogP contribution in [-0.4, -0.2) is 52.3 Å². The van der Waals surface area contributed by atoms with E-state index in [2.05, 4.69) is 0 Å². The van der Waals surface area contributed by atoms with Gasteiger partial charge in [-0.15, -0.1) is 0 Å². The molecule has 9 heteroatoms. The molecule has 1 fully saturated rings. The van der Waals surface area contributed by atoms with Gasteiger partial charge in [-0.3, -0.25) is 14.4 Å². The van der Waals surface area contributed by atoms with Crippen molar-refractivity contribution in [2.75, 3.05) is 19.6 Å². The van der Waals surface area contributed by atoms with Crippen LogP contribution in [0.4, 0.5) is 13.2 Å². The lowest BCUT2D eigenvalue weighted by Crippen LogP contribution is -2.44. The number of carboxylic acids is 1. The zero-order valence-corrected chi connectivity index (χ0v) is 14.7. The van der Waals surface area contributed by atoms with Gasteiger partial charge in [-0.25, -0.2) is 0 Å². The summed E-state index contributed by atoms with van der Waals surface area (Å²) in [7, 11) is 0. The summed E-state index contributed by atoms with van der Waals surface area (Å²) >= 11 is 0. The summed E-state index contributed by atoms with van der Waals surface area (Å²) in [5.74, 6) is -1.93. The van der Waals surface area contributed by atoms with Crippen LogP contribution in [0.1, 0.15) is 36.8 Å². The molecule has 2 amide bonds. The lowest BCUT2D eigenvalue weighted by molar-refractivity contribution is -0.146. The van der Waals surface area contributed by atoms with Crippen molar-refractivity contribution in [3.05, 3.63) is 35.4 Å². The summed E-state index contributed by atoms with van der Waals surface area (Å²) in [4.78, 5) is 38.1. The first-order valence-electron chi connectivity index (χ1n) is 8.60. The van der Waals surface area contributed by atoms with Crippen molar-refractivity contribution in [3.8, 4) is 0 Å². The molecule has 1 aromatic rings. The number of benzene rings is 1. The minimum absolute atomic E-state index is 0.148. The molecule has 0 saturated carbocycles. The fourth-order valence-corrected chi connectivity index (χ4v) is 2.88. The molecule has 1 aromatic carbocycles. The summed E-state index contributed by atoms with van der Waals surface area (Å²) in [5.41, 5.74) is -0.447. The summed E-state index contributed by atoms with van der Waals surface area (Å²) < 4.78 is 37.9. The average molecular weight is 386 g/mol. The molecule has 27 heavy (non-hydrogen) atoms. The molecule has 0 spiro atoms. The maximum absolute atomic E-state index is 12.6. The minimum Gasteiger partial charge on any atom is -0.480 e. The first-order chi connectivity index (χ1) is 12.7. The van der Waals surface area contributed by atoms with Crippen LogP contribution in [0.3, 0.4) is 0 Å². The Morgan fingerprint density at radius 1 is 1.11 bits per heavy atom. The topological polar surface area (TPSA) is 77.9 Å². The normalized spacial score (nSPS) is 15.4. The molecule has 1 saturated heterocycles. The van der Waals surface area contributed by atoms with Crippen molar-refractivity contribution in [2.45, 2.75) is 38.4 Å². The molecule has 0 aliphatic carbocycles. The van der Waals surface area contributed by atoms with E-state index in [1.165, 1.54) is 17.0 Å². The second-order valence-corrected chi connectivity index (χ2v) is 6.46. The largest absolute Gasteiger partial charge is 0.480 e. The Balaban J connectivity index is 2.08. The lowest BCUT2D eigenvalue weighted by atomic mass is 10.1. The number of nitrogens with zero attached hydrogens (tertiary/aromatic N) is 2. The van der Waals surface area contributed by atoms with Crippen molar-refractivity contribution in [3.63, 3.8) is 0 Å². The summed E-state index contributed by atoms with van der Waals surface area (Å²) in [5, 5.41) is 9.04. The van der Waals surface area contributed by atoms with Gasteiger partial charge in [-0.2, -0.15) is 13.2 Å². The van der Waals surface area contributed by atoms with Crippen molar-refractivity contribution in [1.82, 2.24) is 9.80 Å². The van der Waals surface area contributed by atoms with Crippen molar-refractivity contribution in [2.24, 2.45) is 0 Å². The second kappa shape index (κ2) is 8.88. The molecule has 1 heterocycles. The number of rotatable bonds is 6. The van der Waals surface area contributed by atoms with Crippen molar-refractivity contribution >= 4 is 17.8 Å². The SMILES string of the molecule is O=C(O)CN(Cc1ccc(C(F)(F)F)cc1)C(=O)CN1CCCCCC1=O. The van der Waals surface area contributed by atoms with Crippen LogP contribution >= 0.6 is 0 Å². The molecule has 0 unspecified atom stereocenters. The van der Waals surface area contributed by atoms with Gasteiger partial charge in [-0.05, 0) is 30.5 Å². The smallest absolute Gasteiger partial charge is 0.416 e. The fraction of sp³-hybridized carbons (Fsp3) is 0.500. The quantitative estimate of drug-likeness (QED) is 0.815. The maximum Gasteiger partial charge on any atom is 0.416 e. The molecule has 2 rings (SSSR count). The van der Waals surface area contributed by atoms with Crippen LogP contribution in [0.25, 0.3) is 0 Å². The van der Waals surface area contributed by atoms with Gasteiger partial charge in [-0.1, -0.05) is 18.6 Å². The predicted molar refractivity (Wildman–Crippen MR) is 89.5 cm³/mol. The van der Waals surface area contributed by atoms with Gasteiger partial charge < -0.3 is 14.9 Å². The fourth-order valence-electron chi connectivity index (χ4n) is 2.88. The van der Waals surface area contributed by atoms with Crippen LogP contribution in [0.2, 0.25) is 0 Å². The maximum atomic E-state index is 12.6. The molecule has 1 N–H and O–H groups in total. The second-order valence-electron chi connectivity index (χ2n) is 6.46. The monoisotopic (exact) mass is 386 g/mol. The van der Waals surface area contributed by atoms with E-state index in [4.69, 9.17) is 5.11 Å². The first-order valence-corrected chi connectivity index (χ1v) is 8.60. The number of hydrogen-bond acceptors (Lipinski definition) is 3. The molecule has 1 aliphatic rings. The molecule has 0 aromatic heterocycles. The first kappa shape index (κ1) is 20.7. The Labute approximate surface area is 154 Å². The number of amides is 2. The summed E-state index contributed by atoms with van der Waals surface area (Å²) in [6, 6.07) is 4.19. The van der Waals surface area contributed by atoms with Gasteiger partial charge in [0, 0.05) is 19.5 Å². The van der Waals surface area contributed by atoms with Gasteiger partial charge in [0.05, 0.1) is 12.1 Å². The third kappa shape index (κ3) is 6.26. The van der Waals surface area contributed by atoms with Crippen LogP contribution < -0.4 is 0 Å². The Hall–Kier alpha value is -2.58. The Bertz CT molecular complexity index is 689. The van der Waals surface area contributed by atoms with Gasteiger partial charge in [0.25, 0.3) is 0 Å². The van der Waals surface area contributed by atoms with Crippen LogP contribution in [0.15, 0.2) is 24.3 Å². The Kier molecular flexibility index (Phi) is 6.81.